The summed E-state index contributed by atoms with van der Waals surface area (Å²) in [6, 6.07) is 10.5. The van der Waals surface area contributed by atoms with Crippen LogP contribution in [0, 0.1) is 17.5 Å². The zero-order valence-corrected chi connectivity index (χ0v) is 18.5. The van der Waals surface area contributed by atoms with E-state index in [9.17, 15) is 40.7 Å². The summed E-state index contributed by atoms with van der Waals surface area (Å²) in [5.74, 6) is -7.37. The van der Waals surface area contributed by atoms with Gasteiger partial charge in [0.25, 0.3) is 11.8 Å². The molecule has 13 heteroatoms. The van der Waals surface area contributed by atoms with E-state index in [0.29, 0.717) is 6.07 Å². The minimum Gasteiger partial charge on any atom is -0.484 e. The van der Waals surface area contributed by atoms with Crippen LogP contribution in [0.1, 0.15) is 15.9 Å². The number of hydrogen-bond donors (Lipinski definition) is 2. The molecule has 0 aliphatic rings. The van der Waals surface area contributed by atoms with Gasteiger partial charge in [-0.15, -0.1) is 0 Å². The predicted octanol–water partition coefficient (Wildman–Crippen LogP) is 4.94. The third-order valence-corrected chi connectivity index (χ3v) is 4.58. The number of ether oxygens (including phenoxy) is 2. The van der Waals surface area contributed by atoms with Gasteiger partial charge in [-0.1, -0.05) is 6.07 Å². The fraction of sp³-hybridized carbons (Fsp3) is 0.125. The quantitative estimate of drug-likeness (QED) is 0.247. The van der Waals surface area contributed by atoms with Gasteiger partial charge in [0.05, 0.1) is 16.8 Å². The van der Waals surface area contributed by atoms with E-state index in [1.165, 1.54) is 30.3 Å². The minimum atomic E-state index is -4.57. The molecule has 0 saturated carbocycles. The van der Waals surface area contributed by atoms with Crippen molar-refractivity contribution in [3.05, 3.63) is 89.2 Å². The maximum atomic E-state index is 13.6. The summed E-state index contributed by atoms with van der Waals surface area (Å²) in [4.78, 5) is 35.9. The molecule has 0 heterocycles. The molecule has 7 nitrogen and oxygen atoms in total. The van der Waals surface area contributed by atoms with Gasteiger partial charge >= 0.3 is 12.1 Å². The number of alkyl halides is 3. The lowest BCUT2D eigenvalue weighted by molar-refractivity contribution is -0.137. The molecule has 2 N–H and O–H groups in total. The Labute approximate surface area is 205 Å². The van der Waals surface area contributed by atoms with Crippen molar-refractivity contribution in [1.82, 2.24) is 0 Å². The molecule has 0 radical (unpaired) electrons. The van der Waals surface area contributed by atoms with E-state index in [4.69, 9.17) is 9.47 Å². The lowest BCUT2D eigenvalue weighted by atomic mass is 10.2. The summed E-state index contributed by atoms with van der Waals surface area (Å²) >= 11 is 0. The Morgan fingerprint density at radius 2 is 1.46 bits per heavy atom. The highest BCUT2D eigenvalue weighted by molar-refractivity contribution is 5.95. The van der Waals surface area contributed by atoms with Crippen molar-refractivity contribution in [2.24, 2.45) is 0 Å². The van der Waals surface area contributed by atoms with Crippen molar-refractivity contribution in [1.29, 1.82) is 0 Å². The largest absolute Gasteiger partial charge is 0.484 e. The first kappa shape index (κ1) is 27.0. The van der Waals surface area contributed by atoms with E-state index in [2.05, 4.69) is 5.32 Å². The van der Waals surface area contributed by atoms with Crippen molar-refractivity contribution in [2.45, 2.75) is 6.18 Å². The molecule has 0 aliphatic carbocycles. The molecule has 2 amide bonds. The lowest BCUT2D eigenvalue weighted by Crippen LogP contribution is -2.22. The van der Waals surface area contributed by atoms with E-state index in [1.54, 1.807) is 0 Å². The van der Waals surface area contributed by atoms with Crippen LogP contribution < -0.4 is 15.4 Å². The van der Waals surface area contributed by atoms with Gasteiger partial charge in [0.2, 0.25) is 0 Å². The second kappa shape index (κ2) is 11.5. The first-order chi connectivity index (χ1) is 17.4. The number of anilines is 2. The lowest BCUT2D eigenvalue weighted by Gasteiger charge is -2.11. The zero-order chi connectivity index (χ0) is 27.2. The van der Waals surface area contributed by atoms with Gasteiger partial charge in [-0.2, -0.15) is 13.2 Å². The number of nitrogens with one attached hydrogen (secondary N) is 2. The molecular weight excluding hydrogens is 510 g/mol. The Morgan fingerprint density at radius 1 is 0.784 bits per heavy atom. The Hall–Kier alpha value is -4.55. The molecule has 0 fully saturated rings. The summed E-state index contributed by atoms with van der Waals surface area (Å²) < 4.78 is 88.0. The van der Waals surface area contributed by atoms with E-state index < -0.39 is 65.9 Å². The highest BCUT2D eigenvalue weighted by atomic mass is 19.4. The molecule has 0 saturated heterocycles. The molecule has 3 aromatic carbocycles. The maximum Gasteiger partial charge on any atom is 0.416 e. The molecule has 0 aliphatic heterocycles. The van der Waals surface area contributed by atoms with Gasteiger partial charge < -0.3 is 20.1 Å². The predicted molar refractivity (Wildman–Crippen MR) is 117 cm³/mol. The van der Waals surface area contributed by atoms with Crippen LogP contribution in [0.4, 0.5) is 37.7 Å². The second-order valence-electron chi connectivity index (χ2n) is 7.29. The Bertz CT molecular complexity index is 1310. The van der Waals surface area contributed by atoms with E-state index in [0.717, 1.165) is 24.3 Å². The van der Waals surface area contributed by atoms with Gasteiger partial charge in [0, 0.05) is 5.69 Å². The number of amides is 2. The Balaban J connectivity index is 1.46. The maximum absolute atomic E-state index is 13.6. The number of esters is 1. The van der Waals surface area contributed by atoms with E-state index in [1.807, 2.05) is 5.32 Å². The molecule has 0 atom stereocenters. The zero-order valence-electron chi connectivity index (χ0n) is 18.5. The standard InChI is InChI=1S/C24H16F6N2O5/c25-17-8-9-18(22(27)21(17)26)32-20(34)12-37-23(35)13-4-6-16(7-5-13)36-11-19(33)31-15-3-1-2-14(10-15)24(28,29)30/h1-10H,11-12H2,(H,31,33)(H,32,34). The average molecular weight is 526 g/mol. The van der Waals surface area contributed by atoms with Crippen molar-refractivity contribution >= 4 is 29.2 Å². The topological polar surface area (TPSA) is 93.7 Å². The fourth-order valence-electron chi connectivity index (χ4n) is 2.83. The molecule has 0 bridgehead atoms. The third kappa shape index (κ3) is 7.46. The van der Waals surface area contributed by atoms with Gasteiger partial charge in [0.15, 0.2) is 30.7 Å². The van der Waals surface area contributed by atoms with Gasteiger partial charge in [-0.05, 0) is 54.6 Å². The van der Waals surface area contributed by atoms with E-state index in [-0.39, 0.29) is 17.0 Å². The van der Waals surface area contributed by atoms with Gasteiger partial charge in [-0.3, -0.25) is 9.59 Å². The Morgan fingerprint density at radius 3 is 2.14 bits per heavy atom. The first-order valence-electron chi connectivity index (χ1n) is 10.2. The molecule has 0 aromatic heterocycles. The van der Waals surface area contributed by atoms with Crippen molar-refractivity contribution in [3.8, 4) is 5.75 Å². The van der Waals surface area contributed by atoms with Crippen molar-refractivity contribution in [2.75, 3.05) is 23.8 Å². The van der Waals surface area contributed by atoms with Crippen LogP contribution in [0.25, 0.3) is 0 Å². The van der Waals surface area contributed by atoms with Gasteiger partial charge in [0.1, 0.15) is 5.75 Å². The fourth-order valence-corrected chi connectivity index (χ4v) is 2.83. The monoisotopic (exact) mass is 526 g/mol. The molecular formula is C24H16F6N2O5. The highest BCUT2D eigenvalue weighted by Crippen LogP contribution is 2.30. The number of carbonyl (C=O) groups excluding carboxylic acids is 3. The number of rotatable bonds is 8. The summed E-state index contributed by atoms with van der Waals surface area (Å²) in [5, 5.41) is 4.21. The first-order valence-corrected chi connectivity index (χ1v) is 10.2. The Kier molecular flexibility index (Phi) is 8.37. The average Bonchev–Trinajstić information content (AvgIpc) is 2.86. The van der Waals surface area contributed by atoms with Crippen LogP contribution in [0.3, 0.4) is 0 Å². The van der Waals surface area contributed by atoms with Crippen LogP contribution in [0.5, 0.6) is 5.75 Å². The summed E-state index contributed by atoms with van der Waals surface area (Å²) in [7, 11) is 0. The van der Waals surface area contributed by atoms with Crippen LogP contribution in [0.2, 0.25) is 0 Å². The second-order valence-corrected chi connectivity index (χ2v) is 7.29. The molecule has 0 spiro atoms. The number of halogens is 6. The molecule has 3 rings (SSSR count). The molecule has 3 aromatic rings. The third-order valence-electron chi connectivity index (χ3n) is 4.58. The number of benzene rings is 3. The highest BCUT2D eigenvalue weighted by Gasteiger charge is 2.30. The van der Waals surface area contributed by atoms with Crippen molar-refractivity contribution < 1.29 is 50.2 Å². The number of carbonyl (C=O) groups is 3. The number of hydrogen-bond acceptors (Lipinski definition) is 5. The minimum absolute atomic E-state index is 0.0208. The van der Waals surface area contributed by atoms with Crippen LogP contribution in [0.15, 0.2) is 60.7 Å². The normalized spacial score (nSPS) is 11.0. The summed E-state index contributed by atoms with van der Waals surface area (Å²) in [6.45, 7) is -1.40. The SMILES string of the molecule is O=C(COc1ccc(C(=O)OCC(=O)Nc2ccc(F)c(F)c2F)cc1)Nc1cccc(C(F)(F)F)c1. The van der Waals surface area contributed by atoms with Gasteiger partial charge in [-0.25, -0.2) is 18.0 Å². The molecule has 194 valence electrons. The molecule has 37 heavy (non-hydrogen) atoms. The van der Waals surface area contributed by atoms with Crippen LogP contribution in [-0.2, 0) is 20.5 Å². The summed E-state index contributed by atoms with van der Waals surface area (Å²) in [6.07, 6.45) is -4.57. The molecule has 0 unspecified atom stereocenters. The summed E-state index contributed by atoms with van der Waals surface area (Å²) in [5.41, 5.74) is -1.66. The van der Waals surface area contributed by atoms with Crippen LogP contribution >= 0.6 is 0 Å². The van der Waals surface area contributed by atoms with Crippen molar-refractivity contribution in [3.63, 3.8) is 0 Å². The van der Waals surface area contributed by atoms with Crippen LogP contribution in [-0.4, -0.2) is 31.0 Å². The smallest absolute Gasteiger partial charge is 0.416 e. The van der Waals surface area contributed by atoms with E-state index >= 15 is 0 Å².